The highest BCUT2D eigenvalue weighted by Crippen LogP contribution is 2.16. The molecule has 1 aliphatic rings. The van der Waals surface area contributed by atoms with Crippen molar-refractivity contribution >= 4 is 29.8 Å². The van der Waals surface area contributed by atoms with Crippen LogP contribution in [0, 0.1) is 0 Å². The summed E-state index contributed by atoms with van der Waals surface area (Å²) in [6.07, 6.45) is 2.31. The number of nitrogens with one attached hydrogen (secondary N) is 2. The van der Waals surface area contributed by atoms with Crippen molar-refractivity contribution in [2.75, 3.05) is 32.5 Å². The number of halogens is 1. The lowest BCUT2D eigenvalue weighted by molar-refractivity contribution is -0.129. The maximum Gasteiger partial charge on any atom is 0.293 e. The number of pyridine rings is 2. The molecule has 1 fully saturated rings. The van der Waals surface area contributed by atoms with Gasteiger partial charge < -0.3 is 30.4 Å². The van der Waals surface area contributed by atoms with Gasteiger partial charge in [-0.05, 0) is 31.2 Å². The van der Waals surface area contributed by atoms with Crippen molar-refractivity contribution in [3.05, 3.63) is 57.1 Å². The van der Waals surface area contributed by atoms with E-state index in [2.05, 4.69) is 31.8 Å². The Morgan fingerprint density at radius 2 is 2.25 bits per heavy atom. The summed E-state index contributed by atoms with van der Waals surface area (Å²) in [6.45, 7) is 5.31. The molecule has 0 spiro atoms. The Hall–Kier alpha value is -2.95. The van der Waals surface area contributed by atoms with Crippen LogP contribution in [0.1, 0.15) is 29.4 Å². The van der Waals surface area contributed by atoms with Gasteiger partial charge in [-0.15, -0.1) is 0 Å². The van der Waals surface area contributed by atoms with Gasteiger partial charge in [0.1, 0.15) is 18.0 Å². The summed E-state index contributed by atoms with van der Waals surface area (Å²) in [4.78, 5) is 42.4. The molecule has 0 aliphatic carbocycles. The van der Waals surface area contributed by atoms with Gasteiger partial charge in [-0.3, -0.25) is 19.4 Å². The molecule has 4 N–H and O–H groups in total. The second-order valence-corrected chi connectivity index (χ2v) is 7.45. The van der Waals surface area contributed by atoms with E-state index in [0.717, 1.165) is 31.7 Å². The highest BCUT2D eigenvalue weighted by molar-refractivity contribution is 6.33. The number of likely N-dealkylation sites (tertiary alicyclic amines) is 1. The number of nitrogen functional groups attached to an aromatic ring is 1. The first-order valence-corrected chi connectivity index (χ1v) is 10.5. The summed E-state index contributed by atoms with van der Waals surface area (Å²) >= 11 is 5.86. The first-order chi connectivity index (χ1) is 15.4. The van der Waals surface area contributed by atoms with Crippen LogP contribution in [-0.2, 0) is 20.9 Å². The zero-order chi connectivity index (χ0) is 23.5. The minimum atomic E-state index is -0.556. The van der Waals surface area contributed by atoms with Crippen LogP contribution < -0.4 is 16.6 Å². The third-order valence-electron chi connectivity index (χ3n) is 5.00. The maximum absolute atomic E-state index is 12.3. The largest absolute Gasteiger partial charge is 0.461 e. The van der Waals surface area contributed by atoms with E-state index in [9.17, 15) is 14.4 Å². The molecule has 0 bridgehead atoms. The van der Waals surface area contributed by atoms with Crippen molar-refractivity contribution in [2.45, 2.75) is 32.1 Å². The number of methoxy groups -OCH3 is 1. The molecule has 2 unspecified atom stereocenters. The lowest BCUT2D eigenvalue weighted by Gasteiger charge is -2.37. The van der Waals surface area contributed by atoms with Gasteiger partial charge in [0.15, 0.2) is 0 Å². The number of carbonyl (C=O) groups is 2. The fourth-order valence-corrected chi connectivity index (χ4v) is 3.37. The smallest absolute Gasteiger partial charge is 0.293 e. The Bertz CT molecular complexity index is 940. The Balaban J connectivity index is 0.000000303. The molecule has 0 radical (unpaired) electrons. The molecule has 1 aliphatic heterocycles. The third-order valence-corrected chi connectivity index (χ3v) is 5.31. The quantitative estimate of drug-likeness (QED) is 0.518. The number of carbonyl (C=O) groups excluding carboxylic acids is 2. The number of nitrogens with zero attached hydrogens (tertiary/aromatic N) is 2. The van der Waals surface area contributed by atoms with E-state index < -0.39 is 11.5 Å². The minimum absolute atomic E-state index is 0.0491. The van der Waals surface area contributed by atoms with Crippen molar-refractivity contribution in [3.63, 3.8) is 0 Å². The number of likely N-dealkylation sites (N-methyl/N-ethyl adjacent to an activating group) is 1. The SMILES string of the molecule is CCN1CCC(NC(=O)c2cc(Cl)c(N)[nH]c2=O)C(OC)C1.O=COCc1ccccn1. The summed E-state index contributed by atoms with van der Waals surface area (Å²) in [5.74, 6) is -0.422. The molecule has 10 nitrogen and oxygen atoms in total. The van der Waals surface area contributed by atoms with Gasteiger partial charge in [-0.25, -0.2) is 0 Å². The zero-order valence-corrected chi connectivity index (χ0v) is 18.8. The zero-order valence-electron chi connectivity index (χ0n) is 18.0. The third kappa shape index (κ3) is 7.33. The molecule has 3 heterocycles. The Morgan fingerprint density at radius 1 is 1.47 bits per heavy atom. The summed E-state index contributed by atoms with van der Waals surface area (Å²) in [7, 11) is 1.62. The van der Waals surface area contributed by atoms with Crippen LogP contribution in [-0.4, -0.2) is 66.1 Å². The molecule has 3 rings (SSSR count). The molecule has 2 aromatic heterocycles. The fraction of sp³-hybridized carbons (Fsp3) is 0.429. The molecule has 2 atom stereocenters. The van der Waals surface area contributed by atoms with Gasteiger partial charge in [-0.2, -0.15) is 0 Å². The van der Waals surface area contributed by atoms with Crippen molar-refractivity contribution in [1.29, 1.82) is 0 Å². The number of hydrogen-bond acceptors (Lipinski definition) is 8. The molecule has 0 aromatic carbocycles. The van der Waals surface area contributed by atoms with E-state index in [1.807, 2.05) is 12.1 Å². The van der Waals surface area contributed by atoms with Crippen molar-refractivity contribution in [3.8, 4) is 0 Å². The molecular weight excluding hydrogens is 438 g/mol. The predicted octanol–water partition coefficient (Wildman–Crippen LogP) is 1.20. The number of rotatable bonds is 7. The number of aromatic amines is 1. The number of ether oxygens (including phenoxy) is 2. The molecular formula is C21H28ClN5O5. The maximum atomic E-state index is 12.3. The number of hydrogen-bond donors (Lipinski definition) is 3. The fourth-order valence-electron chi connectivity index (χ4n) is 3.21. The van der Waals surface area contributed by atoms with E-state index in [4.69, 9.17) is 22.1 Å². The normalized spacial score (nSPS) is 18.2. The molecule has 2 aromatic rings. The van der Waals surface area contributed by atoms with Gasteiger partial charge in [0, 0.05) is 26.4 Å². The highest BCUT2D eigenvalue weighted by Gasteiger charge is 2.30. The average Bonchev–Trinajstić information content (AvgIpc) is 2.81. The van der Waals surface area contributed by atoms with Gasteiger partial charge in [0.2, 0.25) is 0 Å². The van der Waals surface area contributed by atoms with Crippen LogP contribution in [0.3, 0.4) is 0 Å². The van der Waals surface area contributed by atoms with Gasteiger partial charge in [0.05, 0.1) is 22.9 Å². The number of piperidine rings is 1. The molecule has 174 valence electrons. The summed E-state index contributed by atoms with van der Waals surface area (Å²) < 4.78 is 9.93. The molecule has 1 amide bonds. The summed E-state index contributed by atoms with van der Waals surface area (Å²) in [5.41, 5.74) is 5.66. The van der Waals surface area contributed by atoms with E-state index in [0.29, 0.717) is 6.47 Å². The molecule has 11 heteroatoms. The lowest BCUT2D eigenvalue weighted by Crippen LogP contribution is -2.55. The number of anilines is 1. The lowest BCUT2D eigenvalue weighted by atomic mass is 10.0. The van der Waals surface area contributed by atoms with Gasteiger partial charge in [0.25, 0.3) is 17.9 Å². The van der Waals surface area contributed by atoms with Crippen molar-refractivity contribution in [1.82, 2.24) is 20.2 Å². The number of amides is 1. The molecule has 0 saturated carbocycles. The van der Waals surface area contributed by atoms with E-state index in [1.165, 1.54) is 6.07 Å². The molecule has 1 saturated heterocycles. The van der Waals surface area contributed by atoms with E-state index in [-0.39, 0.29) is 35.2 Å². The number of nitrogens with two attached hydrogens (primary N) is 1. The summed E-state index contributed by atoms with van der Waals surface area (Å²) in [5, 5.41) is 3.01. The van der Waals surface area contributed by atoms with Gasteiger partial charge in [-0.1, -0.05) is 24.6 Å². The second-order valence-electron chi connectivity index (χ2n) is 7.04. The average molecular weight is 466 g/mol. The van der Waals surface area contributed by atoms with Crippen LogP contribution in [0.2, 0.25) is 5.02 Å². The Morgan fingerprint density at radius 3 is 2.88 bits per heavy atom. The van der Waals surface area contributed by atoms with Crippen LogP contribution in [0.4, 0.5) is 5.82 Å². The van der Waals surface area contributed by atoms with Crippen LogP contribution in [0.5, 0.6) is 0 Å². The standard InChI is InChI=1S/C14H21ClN4O3.C7H7NO2/c1-3-19-5-4-10(11(7-19)22-2)17-13(20)8-6-9(15)12(16)18-14(8)21;9-6-10-5-7-3-1-2-4-8-7/h6,10-11H,3-5,7H2,1-2H3,(H,17,20)(H3,16,18,21);1-4,6H,5H2. The molecule has 32 heavy (non-hydrogen) atoms. The van der Waals surface area contributed by atoms with Gasteiger partial charge >= 0.3 is 0 Å². The topological polar surface area (TPSA) is 140 Å². The predicted molar refractivity (Wildman–Crippen MR) is 120 cm³/mol. The number of H-pyrrole nitrogens is 1. The van der Waals surface area contributed by atoms with Crippen LogP contribution in [0.25, 0.3) is 0 Å². The Labute approximate surface area is 191 Å². The van der Waals surface area contributed by atoms with Crippen molar-refractivity contribution in [2.24, 2.45) is 0 Å². The highest BCUT2D eigenvalue weighted by atomic mass is 35.5. The monoisotopic (exact) mass is 465 g/mol. The Kier molecular flexibility index (Phi) is 10.1. The van der Waals surface area contributed by atoms with Crippen LogP contribution in [0.15, 0.2) is 35.3 Å². The summed E-state index contributed by atoms with van der Waals surface area (Å²) in [6, 6.07) is 6.59. The van der Waals surface area contributed by atoms with E-state index in [1.54, 1.807) is 19.4 Å². The minimum Gasteiger partial charge on any atom is -0.461 e. The first kappa shape index (κ1) is 25.3. The van der Waals surface area contributed by atoms with E-state index >= 15 is 0 Å². The van der Waals surface area contributed by atoms with Crippen LogP contribution >= 0.6 is 11.6 Å². The van der Waals surface area contributed by atoms with Crippen molar-refractivity contribution < 1.29 is 19.1 Å². The number of aromatic nitrogens is 2. The second kappa shape index (κ2) is 12.8. The first-order valence-electron chi connectivity index (χ1n) is 10.1.